The Bertz CT molecular complexity index is 722. The van der Waals surface area contributed by atoms with Crippen LogP contribution in [0.4, 0.5) is 5.13 Å². The average molecular weight is 352 g/mol. The van der Waals surface area contributed by atoms with Gasteiger partial charge in [0, 0.05) is 23.0 Å². The van der Waals surface area contributed by atoms with Crippen molar-refractivity contribution in [2.24, 2.45) is 0 Å². The highest BCUT2D eigenvalue weighted by Gasteiger charge is 2.20. The minimum Gasteiger partial charge on any atom is -0.459 e. The van der Waals surface area contributed by atoms with E-state index in [0.29, 0.717) is 5.13 Å². The van der Waals surface area contributed by atoms with Crippen LogP contribution in [0.25, 0.3) is 11.0 Å². The number of nitrogens with two attached hydrogens (primary N) is 1. The number of hydrogen-bond acceptors (Lipinski definition) is 5. The number of fused-ring (bicyclic) bond motifs is 1. The lowest BCUT2D eigenvalue weighted by molar-refractivity contribution is 0.183. The number of aromatic nitrogens is 1. The number of thiazole rings is 1. The van der Waals surface area contributed by atoms with Crippen LogP contribution >= 0.6 is 23.7 Å². The van der Waals surface area contributed by atoms with E-state index in [0.717, 1.165) is 36.2 Å². The first-order valence-electron chi connectivity index (χ1n) is 7.60. The molecule has 0 spiro atoms. The first kappa shape index (κ1) is 17.8. The van der Waals surface area contributed by atoms with Crippen molar-refractivity contribution in [2.45, 2.75) is 32.9 Å². The van der Waals surface area contributed by atoms with Crippen molar-refractivity contribution in [1.82, 2.24) is 9.88 Å². The molecule has 1 aromatic carbocycles. The molecule has 0 aliphatic carbocycles. The molecule has 0 aliphatic rings. The Kier molecular flexibility index (Phi) is 6.04. The number of para-hydroxylation sites is 1. The maximum absolute atomic E-state index is 6.02. The van der Waals surface area contributed by atoms with Crippen LogP contribution in [-0.2, 0) is 6.54 Å². The van der Waals surface area contributed by atoms with Crippen LogP contribution in [0.3, 0.4) is 0 Å². The molecule has 0 aliphatic heterocycles. The molecule has 1 unspecified atom stereocenters. The summed E-state index contributed by atoms with van der Waals surface area (Å²) < 4.78 is 6.02. The lowest BCUT2D eigenvalue weighted by Gasteiger charge is -2.26. The fraction of sp³-hybridized carbons (Fsp3) is 0.353. The van der Waals surface area contributed by atoms with E-state index in [2.05, 4.69) is 35.9 Å². The van der Waals surface area contributed by atoms with Crippen LogP contribution < -0.4 is 5.73 Å². The molecule has 0 radical (unpaired) electrons. The molecule has 0 bridgehead atoms. The van der Waals surface area contributed by atoms with Gasteiger partial charge in [-0.05, 0) is 32.0 Å². The zero-order valence-corrected chi connectivity index (χ0v) is 15.0. The molecule has 4 nitrogen and oxygen atoms in total. The molecule has 2 N–H and O–H groups in total. The second-order valence-electron chi connectivity index (χ2n) is 5.50. The van der Waals surface area contributed by atoms with Gasteiger partial charge >= 0.3 is 0 Å². The Hall–Kier alpha value is -1.56. The molecule has 1 atom stereocenters. The Morgan fingerprint density at radius 2 is 2.13 bits per heavy atom. The summed E-state index contributed by atoms with van der Waals surface area (Å²) in [6.07, 6.45) is 2.97. The molecule has 2 aromatic heterocycles. The van der Waals surface area contributed by atoms with Crippen LogP contribution in [0.1, 0.15) is 36.9 Å². The summed E-state index contributed by atoms with van der Waals surface area (Å²) >= 11 is 1.55. The molecule has 3 aromatic rings. The van der Waals surface area contributed by atoms with Crippen molar-refractivity contribution in [2.75, 3.05) is 12.3 Å². The Labute approximate surface area is 146 Å². The van der Waals surface area contributed by atoms with Gasteiger partial charge in [0.15, 0.2) is 5.13 Å². The molecule has 2 heterocycles. The van der Waals surface area contributed by atoms with Crippen molar-refractivity contribution >= 4 is 39.8 Å². The molecule has 0 amide bonds. The van der Waals surface area contributed by atoms with Gasteiger partial charge in [-0.2, -0.15) is 0 Å². The number of anilines is 1. The van der Waals surface area contributed by atoms with E-state index in [4.69, 9.17) is 10.2 Å². The van der Waals surface area contributed by atoms with Crippen molar-refractivity contribution in [3.63, 3.8) is 0 Å². The van der Waals surface area contributed by atoms with Crippen LogP contribution in [0.2, 0.25) is 0 Å². The van der Waals surface area contributed by atoms with E-state index >= 15 is 0 Å². The molecule has 6 heteroatoms. The summed E-state index contributed by atoms with van der Waals surface area (Å²) in [4.78, 5) is 7.74. The van der Waals surface area contributed by atoms with Gasteiger partial charge < -0.3 is 10.2 Å². The highest BCUT2D eigenvalue weighted by atomic mass is 35.5. The highest BCUT2D eigenvalue weighted by Crippen LogP contribution is 2.29. The molecule has 3 rings (SSSR count). The van der Waals surface area contributed by atoms with Crippen molar-refractivity contribution < 1.29 is 4.42 Å². The quantitative estimate of drug-likeness (QED) is 0.688. The maximum atomic E-state index is 6.02. The Morgan fingerprint density at radius 1 is 1.35 bits per heavy atom. The zero-order chi connectivity index (χ0) is 15.5. The number of nitrogen functional groups attached to an aromatic ring is 1. The number of hydrogen-bond donors (Lipinski definition) is 1. The van der Waals surface area contributed by atoms with Crippen LogP contribution in [-0.4, -0.2) is 16.4 Å². The maximum Gasteiger partial charge on any atom is 0.180 e. The number of nitrogens with zero attached hydrogens (tertiary/aromatic N) is 2. The smallest absolute Gasteiger partial charge is 0.180 e. The van der Waals surface area contributed by atoms with Gasteiger partial charge in [-0.1, -0.05) is 25.1 Å². The molecular formula is C17H22ClN3OS. The minimum absolute atomic E-state index is 0. The molecule has 0 saturated heterocycles. The highest BCUT2D eigenvalue weighted by molar-refractivity contribution is 7.15. The fourth-order valence-electron chi connectivity index (χ4n) is 2.68. The molecule has 0 fully saturated rings. The number of rotatable bonds is 6. The predicted molar refractivity (Wildman–Crippen MR) is 99.1 cm³/mol. The molecule has 0 saturated carbocycles. The van der Waals surface area contributed by atoms with Gasteiger partial charge in [0.25, 0.3) is 0 Å². The molecule has 124 valence electrons. The third-order valence-corrected chi connectivity index (χ3v) is 4.66. The summed E-state index contributed by atoms with van der Waals surface area (Å²) in [6.45, 7) is 6.24. The molecular weight excluding hydrogens is 330 g/mol. The predicted octanol–water partition coefficient (Wildman–Crippen LogP) is 4.87. The standard InChI is InChI=1S/C17H21N3OS.ClH/c1-3-8-20(11-14-10-19-17(18)22-14)12(2)16-9-13-6-4-5-7-15(13)21-16;/h4-7,9-10,12H,3,8,11H2,1-2H3,(H2,18,19);1H. The van der Waals surface area contributed by atoms with Crippen LogP contribution in [0.5, 0.6) is 0 Å². The van der Waals surface area contributed by atoms with Gasteiger partial charge in [0.2, 0.25) is 0 Å². The lowest BCUT2D eigenvalue weighted by Crippen LogP contribution is -2.26. The number of furan rings is 1. The van der Waals surface area contributed by atoms with E-state index < -0.39 is 0 Å². The monoisotopic (exact) mass is 351 g/mol. The van der Waals surface area contributed by atoms with Crippen molar-refractivity contribution in [1.29, 1.82) is 0 Å². The summed E-state index contributed by atoms with van der Waals surface area (Å²) in [5.41, 5.74) is 6.68. The Balaban J connectivity index is 0.00000192. The third kappa shape index (κ3) is 4.05. The third-order valence-electron chi connectivity index (χ3n) is 3.85. The Morgan fingerprint density at radius 3 is 2.78 bits per heavy atom. The number of halogens is 1. The summed E-state index contributed by atoms with van der Waals surface area (Å²) in [7, 11) is 0. The average Bonchev–Trinajstić information content (AvgIpc) is 3.12. The lowest BCUT2D eigenvalue weighted by atomic mass is 10.2. The summed E-state index contributed by atoms with van der Waals surface area (Å²) in [5.74, 6) is 1.01. The van der Waals surface area contributed by atoms with Gasteiger partial charge in [-0.3, -0.25) is 4.90 Å². The van der Waals surface area contributed by atoms with E-state index in [1.807, 2.05) is 24.4 Å². The largest absolute Gasteiger partial charge is 0.459 e. The first-order chi connectivity index (χ1) is 10.7. The van der Waals surface area contributed by atoms with Crippen LogP contribution in [0.15, 0.2) is 40.9 Å². The second-order valence-corrected chi connectivity index (χ2v) is 6.64. The van der Waals surface area contributed by atoms with Gasteiger partial charge in [0.05, 0.1) is 6.04 Å². The van der Waals surface area contributed by atoms with E-state index in [1.165, 1.54) is 4.88 Å². The van der Waals surface area contributed by atoms with Gasteiger partial charge in [-0.25, -0.2) is 4.98 Å². The SMILES string of the molecule is CCCN(Cc1cnc(N)s1)C(C)c1cc2ccccc2o1.Cl. The summed E-state index contributed by atoms with van der Waals surface area (Å²) in [5, 5.41) is 1.78. The van der Waals surface area contributed by atoms with Gasteiger partial charge in [0.1, 0.15) is 11.3 Å². The number of benzene rings is 1. The summed E-state index contributed by atoms with van der Waals surface area (Å²) in [6, 6.07) is 10.5. The normalized spacial score (nSPS) is 12.5. The van der Waals surface area contributed by atoms with E-state index in [9.17, 15) is 0 Å². The van der Waals surface area contributed by atoms with Gasteiger partial charge in [-0.15, -0.1) is 23.7 Å². The fourth-order valence-corrected chi connectivity index (χ4v) is 3.39. The zero-order valence-electron chi connectivity index (χ0n) is 13.4. The second kappa shape index (κ2) is 7.81. The van der Waals surface area contributed by atoms with E-state index in [-0.39, 0.29) is 18.4 Å². The molecule has 23 heavy (non-hydrogen) atoms. The van der Waals surface area contributed by atoms with E-state index in [1.54, 1.807) is 11.3 Å². The first-order valence-corrected chi connectivity index (χ1v) is 8.41. The topological polar surface area (TPSA) is 55.3 Å². The van der Waals surface area contributed by atoms with Crippen molar-refractivity contribution in [3.8, 4) is 0 Å². The minimum atomic E-state index is 0. The van der Waals surface area contributed by atoms with Crippen LogP contribution in [0, 0.1) is 0 Å². The van der Waals surface area contributed by atoms with Crippen molar-refractivity contribution in [3.05, 3.63) is 47.2 Å².